The van der Waals surface area contributed by atoms with Gasteiger partial charge in [-0.3, -0.25) is 0 Å². The number of aryl methyl sites for hydroxylation is 2. The molecule has 0 saturated carbocycles. The van der Waals surface area contributed by atoms with Crippen LogP contribution in [-0.2, 0) is 11.3 Å². The highest BCUT2D eigenvalue weighted by atomic mass is 16.5. The van der Waals surface area contributed by atoms with E-state index in [0.29, 0.717) is 6.54 Å². The smallest absolute Gasteiger partial charge is 0.407 e. The topological polar surface area (TPSA) is 80.5 Å². The summed E-state index contributed by atoms with van der Waals surface area (Å²) in [5.74, 6) is 0.944. The first-order chi connectivity index (χ1) is 9.55. The van der Waals surface area contributed by atoms with E-state index in [1.807, 2.05) is 13.0 Å². The van der Waals surface area contributed by atoms with Crippen LogP contribution in [0.4, 0.5) is 10.6 Å². The van der Waals surface area contributed by atoms with E-state index in [1.165, 1.54) is 12.7 Å². The second-order valence-corrected chi connectivity index (χ2v) is 5.15. The van der Waals surface area contributed by atoms with Gasteiger partial charge < -0.3 is 20.7 Å². The summed E-state index contributed by atoms with van der Waals surface area (Å²) in [4.78, 5) is 18.1. The first-order valence-electron chi connectivity index (χ1n) is 6.81. The average Bonchev–Trinajstić information content (AvgIpc) is 2.86. The molecular weight excluding hydrogens is 256 g/mol. The SMILES string of the molecule is COC(=O)NC1CCN(c2nc(C)cc(C)c2CN)C1. The number of hydrogen-bond acceptors (Lipinski definition) is 5. The summed E-state index contributed by atoms with van der Waals surface area (Å²) in [5.41, 5.74) is 9.08. The van der Waals surface area contributed by atoms with Gasteiger partial charge in [-0.25, -0.2) is 9.78 Å². The normalized spacial score (nSPS) is 18.2. The summed E-state index contributed by atoms with van der Waals surface area (Å²) in [6.07, 6.45) is 0.498. The maximum absolute atomic E-state index is 11.3. The highest BCUT2D eigenvalue weighted by molar-refractivity contribution is 5.67. The Labute approximate surface area is 119 Å². The van der Waals surface area contributed by atoms with E-state index in [0.717, 1.165) is 36.6 Å². The van der Waals surface area contributed by atoms with E-state index in [1.54, 1.807) is 0 Å². The predicted molar refractivity (Wildman–Crippen MR) is 77.8 cm³/mol. The molecule has 0 radical (unpaired) electrons. The molecule has 0 aromatic carbocycles. The Hall–Kier alpha value is -1.82. The molecule has 0 aliphatic carbocycles. The Kier molecular flexibility index (Phi) is 4.44. The van der Waals surface area contributed by atoms with E-state index in [2.05, 4.69) is 26.9 Å². The summed E-state index contributed by atoms with van der Waals surface area (Å²) < 4.78 is 4.63. The maximum atomic E-state index is 11.3. The Morgan fingerprint density at radius 3 is 3.00 bits per heavy atom. The number of pyridine rings is 1. The molecule has 2 heterocycles. The molecule has 1 aromatic rings. The van der Waals surface area contributed by atoms with E-state index < -0.39 is 0 Å². The Morgan fingerprint density at radius 2 is 2.35 bits per heavy atom. The number of ether oxygens (including phenoxy) is 1. The number of amides is 1. The third kappa shape index (κ3) is 3.01. The van der Waals surface area contributed by atoms with Crippen LogP contribution in [0.5, 0.6) is 0 Å². The van der Waals surface area contributed by atoms with Crippen molar-refractivity contribution < 1.29 is 9.53 Å². The minimum atomic E-state index is -0.385. The van der Waals surface area contributed by atoms with Gasteiger partial charge in [-0.05, 0) is 31.9 Å². The molecule has 110 valence electrons. The lowest BCUT2D eigenvalue weighted by molar-refractivity contribution is 0.167. The zero-order valence-corrected chi connectivity index (χ0v) is 12.3. The lowest BCUT2D eigenvalue weighted by Crippen LogP contribution is -2.37. The Balaban J connectivity index is 2.15. The third-order valence-electron chi connectivity index (χ3n) is 3.65. The molecule has 1 aromatic heterocycles. The lowest BCUT2D eigenvalue weighted by Gasteiger charge is -2.22. The molecule has 1 amide bonds. The van der Waals surface area contributed by atoms with Gasteiger partial charge in [0.25, 0.3) is 0 Å². The number of nitrogens with one attached hydrogen (secondary N) is 1. The number of methoxy groups -OCH3 is 1. The summed E-state index contributed by atoms with van der Waals surface area (Å²) in [6, 6.07) is 2.14. The molecule has 1 aliphatic rings. The minimum Gasteiger partial charge on any atom is -0.453 e. The van der Waals surface area contributed by atoms with Crippen molar-refractivity contribution in [2.75, 3.05) is 25.1 Å². The summed E-state index contributed by atoms with van der Waals surface area (Å²) in [5, 5.41) is 2.83. The zero-order chi connectivity index (χ0) is 14.7. The van der Waals surface area contributed by atoms with Crippen LogP contribution in [0.2, 0.25) is 0 Å². The van der Waals surface area contributed by atoms with Crippen LogP contribution >= 0.6 is 0 Å². The van der Waals surface area contributed by atoms with Crippen LogP contribution in [0, 0.1) is 13.8 Å². The predicted octanol–water partition coefficient (Wildman–Crippen LogP) is 1.09. The molecule has 6 heteroatoms. The van der Waals surface area contributed by atoms with Crippen LogP contribution in [0.25, 0.3) is 0 Å². The number of anilines is 1. The maximum Gasteiger partial charge on any atom is 0.407 e. The number of rotatable bonds is 3. The van der Waals surface area contributed by atoms with Gasteiger partial charge in [0.15, 0.2) is 0 Å². The highest BCUT2D eigenvalue weighted by Gasteiger charge is 2.26. The van der Waals surface area contributed by atoms with Gasteiger partial charge in [0.2, 0.25) is 0 Å². The summed E-state index contributed by atoms with van der Waals surface area (Å²) in [6.45, 7) is 6.10. The highest BCUT2D eigenvalue weighted by Crippen LogP contribution is 2.25. The molecule has 1 saturated heterocycles. The summed E-state index contributed by atoms with van der Waals surface area (Å²) >= 11 is 0. The fourth-order valence-electron chi connectivity index (χ4n) is 2.65. The molecule has 0 spiro atoms. The molecule has 1 atom stereocenters. The second-order valence-electron chi connectivity index (χ2n) is 5.15. The lowest BCUT2D eigenvalue weighted by atomic mass is 10.1. The first kappa shape index (κ1) is 14.6. The molecule has 1 unspecified atom stereocenters. The molecule has 20 heavy (non-hydrogen) atoms. The molecular formula is C14H22N4O2. The van der Waals surface area contributed by atoms with Crippen LogP contribution in [-0.4, -0.2) is 37.3 Å². The Morgan fingerprint density at radius 1 is 1.60 bits per heavy atom. The number of aromatic nitrogens is 1. The molecule has 2 rings (SSSR count). The van der Waals surface area contributed by atoms with Crippen molar-refractivity contribution in [2.45, 2.75) is 32.9 Å². The second kappa shape index (κ2) is 6.09. The number of hydrogen-bond donors (Lipinski definition) is 2. The monoisotopic (exact) mass is 278 g/mol. The van der Waals surface area contributed by atoms with E-state index in [-0.39, 0.29) is 12.1 Å². The first-order valence-corrected chi connectivity index (χ1v) is 6.81. The van der Waals surface area contributed by atoms with Crippen molar-refractivity contribution in [1.82, 2.24) is 10.3 Å². The average molecular weight is 278 g/mol. The Bertz CT molecular complexity index is 504. The quantitative estimate of drug-likeness (QED) is 0.865. The van der Waals surface area contributed by atoms with Crippen LogP contribution in [0.15, 0.2) is 6.07 Å². The van der Waals surface area contributed by atoms with Crippen LogP contribution in [0.3, 0.4) is 0 Å². The molecule has 6 nitrogen and oxygen atoms in total. The van der Waals surface area contributed by atoms with Crippen molar-refractivity contribution >= 4 is 11.9 Å². The number of nitrogens with two attached hydrogens (primary N) is 1. The van der Waals surface area contributed by atoms with Gasteiger partial charge in [0.1, 0.15) is 5.82 Å². The number of alkyl carbamates (subject to hydrolysis) is 1. The van der Waals surface area contributed by atoms with Crippen molar-refractivity contribution in [3.63, 3.8) is 0 Å². The summed E-state index contributed by atoms with van der Waals surface area (Å²) in [7, 11) is 1.38. The fourth-order valence-corrected chi connectivity index (χ4v) is 2.65. The van der Waals surface area contributed by atoms with Gasteiger partial charge in [-0.1, -0.05) is 0 Å². The van der Waals surface area contributed by atoms with Crippen LogP contribution < -0.4 is 16.0 Å². The van der Waals surface area contributed by atoms with Gasteiger partial charge in [0, 0.05) is 30.9 Å². The van der Waals surface area contributed by atoms with Gasteiger partial charge in [0.05, 0.1) is 13.2 Å². The molecule has 3 N–H and O–H groups in total. The van der Waals surface area contributed by atoms with Crippen molar-refractivity contribution in [3.05, 3.63) is 22.9 Å². The van der Waals surface area contributed by atoms with Gasteiger partial charge in [-0.2, -0.15) is 0 Å². The van der Waals surface area contributed by atoms with Gasteiger partial charge in [-0.15, -0.1) is 0 Å². The van der Waals surface area contributed by atoms with Crippen molar-refractivity contribution in [3.8, 4) is 0 Å². The molecule has 1 aliphatic heterocycles. The van der Waals surface area contributed by atoms with Gasteiger partial charge >= 0.3 is 6.09 Å². The molecule has 1 fully saturated rings. The van der Waals surface area contributed by atoms with E-state index >= 15 is 0 Å². The van der Waals surface area contributed by atoms with Crippen molar-refractivity contribution in [2.24, 2.45) is 5.73 Å². The number of nitrogens with zero attached hydrogens (tertiary/aromatic N) is 2. The van der Waals surface area contributed by atoms with Crippen molar-refractivity contribution in [1.29, 1.82) is 0 Å². The number of carbonyl (C=O) groups is 1. The fraction of sp³-hybridized carbons (Fsp3) is 0.571. The standard InChI is InChI=1S/C14H22N4O2/c1-9-6-10(2)16-13(12(9)7-15)18-5-4-11(8-18)17-14(19)20-3/h6,11H,4-5,7-8,15H2,1-3H3,(H,17,19). The third-order valence-corrected chi connectivity index (χ3v) is 3.65. The number of carbonyl (C=O) groups excluding carboxylic acids is 1. The largest absolute Gasteiger partial charge is 0.453 e. The van der Waals surface area contributed by atoms with Crippen LogP contribution in [0.1, 0.15) is 23.2 Å². The zero-order valence-electron chi connectivity index (χ0n) is 12.3. The van der Waals surface area contributed by atoms with E-state index in [9.17, 15) is 4.79 Å². The molecule has 0 bridgehead atoms. The van der Waals surface area contributed by atoms with E-state index in [4.69, 9.17) is 5.73 Å². The minimum absolute atomic E-state index is 0.0932.